The van der Waals surface area contributed by atoms with Gasteiger partial charge < -0.3 is 0 Å². The van der Waals surface area contributed by atoms with Crippen molar-refractivity contribution in [2.45, 2.75) is 38.3 Å². The van der Waals surface area contributed by atoms with Gasteiger partial charge in [-0.25, -0.2) is 0 Å². The van der Waals surface area contributed by atoms with Crippen LogP contribution in [0.2, 0.25) is 0 Å². The zero-order valence-electron chi connectivity index (χ0n) is 11.9. The molecule has 0 saturated carbocycles. The number of nitrogens with zero attached hydrogens (tertiary/aromatic N) is 1. The second kappa shape index (κ2) is 5.06. The fourth-order valence-electron chi connectivity index (χ4n) is 3.89. The van der Waals surface area contributed by atoms with E-state index in [4.69, 9.17) is 0 Å². The maximum Gasteiger partial charge on any atom is 0.0354 e. The normalized spacial score (nSPS) is 22.1. The Morgan fingerprint density at radius 2 is 1.55 bits per heavy atom. The van der Waals surface area contributed by atoms with Gasteiger partial charge in [-0.15, -0.1) is 0 Å². The standard InChI is InChI=1S/C19H21N/c1-2-8-17-14-20(13-12-15(17)6-1)19-11-5-9-16-7-3-4-10-18(16)19/h1-4,6-8,10,19H,5,9,11-14H2. The molecule has 1 nitrogen and oxygen atoms in total. The van der Waals surface area contributed by atoms with E-state index in [1.807, 2.05) is 0 Å². The molecule has 0 radical (unpaired) electrons. The average molecular weight is 263 g/mol. The minimum atomic E-state index is 0.633. The largest absolute Gasteiger partial charge is 0.292 e. The maximum atomic E-state index is 2.69. The lowest BCUT2D eigenvalue weighted by atomic mass is 9.85. The molecule has 0 spiro atoms. The highest BCUT2D eigenvalue weighted by atomic mass is 15.2. The van der Waals surface area contributed by atoms with E-state index >= 15 is 0 Å². The predicted molar refractivity (Wildman–Crippen MR) is 82.7 cm³/mol. The Bertz CT molecular complexity index is 617. The van der Waals surface area contributed by atoms with Crippen LogP contribution in [-0.4, -0.2) is 11.4 Å². The molecule has 4 rings (SSSR count). The molecule has 0 bridgehead atoms. The van der Waals surface area contributed by atoms with E-state index in [2.05, 4.69) is 53.4 Å². The van der Waals surface area contributed by atoms with Crippen molar-refractivity contribution in [2.75, 3.05) is 6.54 Å². The average Bonchev–Trinajstić information content (AvgIpc) is 2.54. The molecule has 20 heavy (non-hydrogen) atoms. The molecular weight excluding hydrogens is 242 g/mol. The minimum absolute atomic E-state index is 0.633. The number of rotatable bonds is 1. The van der Waals surface area contributed by atoms with Crippen molar-refractivity contribution in [2.24, 2.45) is 0 Å². The fraction of sp³-hybridized carbons (Fsp3) is 0.368. The first-order valence-electron chi connectivity index (χ1n) is 7.80. The summed E-state index contributed by atoms with van der Waals surface area (Å²) in [5, 5.41) is 0. The second-order valence-electron chi connectivity index (χ2n) is 6.10. The molecule has 0 fully saturated rings. The van der Waals surface area contributed by atoms with E-state index in [9.17, 15) is 0 Å². The molecule has 1 aliphatic carbocycles. The molecule has 2 aliphatic rings. The number of aryl methyl sites for hydroxylation is 1. The van der Waals surface area contributed by atoms with Crippen molar-refractivity contribution in [3.8, 4) is 0 Å². The van der Waals surface area contributed by atoms with Gasteiger partial charge in [0.2, 0.25) is 0 Å². The van der Waals surface area contributed by atoms with Crippen molar-refractivity contribution in [3.63, 3.8) is 0 Å². The Morgan fingerprint density at radius 1 is 0.800 bits per heavy atom. The molecule has 0 amide bonds. The molecule has 1 atom stereocenters. The molecule has 0 saturated heterocycles. The van der Waals surface area contributed by atoms with E-state index < -0.39 is 0 Å². The van der Waals surface area contributed by atoms with Gasteiger partial charge in [-0.2, -0.15) is 0 Å². The molecule has 2 aromatic carbocycles. The van der Waals surface area contributed by atoms with Crippen LogP contribution >= 0.6 is 0 Å². The van der Waals surface area contributed by atoms with Gasteiger partial charge in [0.05, 0.1) is 0 Å². The van der Waals surface area contributed by atoms with Crippen LogP contribution in [0.1, 0.15) is 41.1 Å². The van der Waals surface area contributed by atoms with Crippen molar-refractivity contribution in [1.82, 2.24) is 4.90 Å². The van der Waals surface area contributed by atoms with Crippen LogP contribution < -0.4 is 0 Å². The smallest absolute Gasteiger partial charge is 0.0354 e. The van der Waals surface area contributed by atoms with Gasteiger partial charge in [0.25, 0.3) is 0 Å². The summed E-state index contributed by atoms with van der Waals surface area (Å²) < 4.78 is 0. The van der Waals surface area contributed by atoms with E-state index in [-0.39, 0.29) is 0 Å². The van der Waals surface area contributed by atoms with Crippen LogP contribution in [-0.2, 0) is 19.4 Å². The highest BCUT2D eigenvalue weighted by Gasteiger charge is 2.27. The van der Waals surface area contributed by atoms with Crippen molar-refractivity contribution >= 4 is 0 Å². The third-order valence-corrected chi connectivity index (χ3v) is 4.94. The van der Waals surface area contributed by atoms with Crippen LogP contribution in [0.3, 0.4) is 0 Å². The van der Waals surface area contributed by atoms with Crippen molar-refractivity contribution < 1.29 is 0 Å². The fourth-order valence-corrected chi connectivity index (χ4v) is 3.89. The highest BCUT2D eigenvalue weighted by molar-refractivity contribution is 5.34. The summed E-state index contributed by atoms with van der Waals surface area (Å²) in [5.41, 5.74) is 6.23. The van der Waals surface area contributed by atoms with E-state index in [0.717, 1.165) is 6.54 Å². The van der Waals surface area contributed by atoms with Gasteiger partial charge in [-0.05, 0) is 47.9 Å². The van der Waals surface area contributed by atoms with E-state index in [1.165, 1.54) is 37.8 Å². The Hall–Kier alpha value is -1.60. The molecule has 1 unspecified atom stereocenters. The third-order valence-electron chi connectivity index (χ3n) is 4.94. The monoisotopic (exact) mass is 263 g/mol. The lowest BCUT2D eigenvalue weighted by molar-refractivity contribution is 0.162. The topological polar surface area (TPSA) is 3.24 Å². The number of fused-ring (bicyclic) bond motifs is 2. The Labute approximate surface area is 121 Å². The highest BCUT2D eigenvalue weighted by Crippen LogP contribution is 2.36. The number of hydrogen-bond acceptors (Lipinski definition) is 1. The summed E-state index contributed by atoms with van der Waals surface area (Å²) in [6.45, 7) is 2.32. The van der Waals surface area contributed by atoms with Crippen molar-refractivity contribution in [3.05, 3.63) is 70.8 Å². The molecular formula is C19H21N. The first-order chi connectivity index (χ1) is 9.92. The lowest BCUT2D eigenvalue weighted by Gasteiger charge is -2.38. The third kappa shape index (κ3) is 2.06. The molecule has 0 N–H and O–H groups in total. The summed E-state index contributed by atoms with van der Waals surface area (Å²) in [7, 11) is 0. The Kier molecular flexibility index (Phi) is 3.08. The quantitative estimate of drug-likeness (QED) is 0.748. The van der Waals surface area contributed by atoms with E-state index in [1.54, 1.807) is 16.7 Å². The minimum Gasteiger partial charge on any atom is -0.292 e. The van der Waals surface area contributed by atoms with Gasteiger partial charge >= 0.3 is 0 Å². The molecule has 1 heteroatoms. The predicted octanol–water partition coefficient (Wildman–Crippen LogP) is 4.12. The SMILES string of the molecule is c1ccc2c(c1)CCN(C1CCCc3ccccc31)C2. The first kappa shape index (κ1) is 12.2. The molecule has 1 heterocycles. The molecule has 102 valence electrons. The summed E-state index contributed by atoms with van der Waals surface area (Å²) in [6, 6.07) is 18.6. The second-order valence-corrected chi connectivity index (χ2v) is 6.10. The summed E-state index contributed by atoms with van der Waals surface area (Å²) in [5.74, 6) is 0. The number of benzene rings is 2. The van der Waals surface area contributed by atoms with Crippen LogP contribution in [0, 0.1) is 0 Å². The first-order valence-corrected chi connectivity index (χ1v) is 7.80. The van der Waals surface area contributed by atoms with Crippen molar-refractivity contribution in [1.29, 1.82) is 0 Å². The zero-order chi connectivity index (χ0) is 13.4. The van der Waals surface area contributed by atoms with Gasteiger partial charge in [0, 0.05) is 19.1 Å². The van der Waals surface area contributed by atoms with Gasteiger partial charge in [-0.3, -0.25) is 4.90 Å². The summed E-state index contributed by atoms with van der Waals surface area (Å²) >= 11 is 0. The molecule has 1 aliphatic heterocycles. The number of hydrogen-bond donors (Lipinski definition) is 0. The summed E-state index contributed by atoms with van der Waals surface area (Å²) in [6.07, 6.45) is 5.12. The van der Waals surface area contributed by atoms with Crippen LogP contribution in [0.5, 0.6) is 0 Å². The maximum absolute atomic E-state index is 2.69. The van der Waals surface area contributed by atoms with Gasteiger partial charge in [0.15, 0.2) is 0 Å². The summed E-state index contributed by atoms with van der Waals surface area (Å²) in [4.78, 5) is 2.69. The van der Waals surface area contributed by atoms with Gasteiger partial charge in [0.1, 0.15) is 0 Å². The Balaban J connectivity index is 1.64. The van der Waals surface area contributed by atoms with Gasteiger partial charge in [-0.1, -0.05) is 48.5 Å². The zero-order valence-corrected chi connectivity index (χ0v) is 11.9. The van der Waals surface area contributed by atoms with Crippen LogP contribution in [0.15, 0.2) is 48.5 Å². The molecule has 0 aromatic heterocycles. The Morgan fingerprint density at radius 3 is 2.45 bits per heavy atom. The van der Waals surface area contributed by atoms with E-state index in [0.29, 0.717) is 6.04 Å². The van der Waals surface area contributed by atoms with Crippen LogP contribution in [0.4, 0.5) is 0 Å². The molecule has 2 aromatic rings. The lowest BCUT2D eigenvalue weighted by Crippen LogP contribution is -2.35. The van der Waals surface area contributed by atoms with Crippen LogP contribution in [0.25, 0.3) is 0 Å².